The summed E-state index contributed by atoms with van der Waals surface area (Å²) in [5.41, 5.74) is -1.47. The van der Waals surface area contributed by atoms with Gasteiger partial charge in [0.2, 0.25) is 5.60 Å². The van der Waals surface area contributed by atoms with E-state index >= 15 is 0 Å². The van der Waals surface area contributed by atoms with Crippen LogP contribution in [0.5, 0.6) is 0 Å². The summed E-state index contributed by atoms with van der Waals surface area (Å²) in [6.07, 6.45) is -1.01. The highest BCUT2D eigenvalue weighted by molar-refractivity contribution is 6.22. The Labute approximate surface area is 135 Å². The first-order valence-corrected chi connectivity index (χ1v) is 7.22. The van der Waals surface area contributed by atoms with Gasteiger partial charge in [-0.2, -0.15) is 10.2 Å². The average Bonchev–Trinajstić information content (AvgIpc) is 2.70. The number of hydrogen-bond acceptors (Lipinski definition) is 5. The van der Waals surface area contributed by atoms with Crippen molar-refractivity contribution in [1.29, 1.82) is 0 Å². The molecule has 0 aliphatic carbocycles. The van der Waals surface area contributed by atoms with Crippen molar-refractivity contribution in [1.82, 2.24) is 10.1 Å². The summed E-state index contributed by atoms with van der Waals surface area (Å²) in [6, 6.07) is 8.99. The number of benzene rings is 1. The molecule has 124 valence electrons. The van der Waals surface area contributed by atoms with Gasteiger partial charge in [0, 0.05) is 12.6 Å². The molecule has 2 rings (SSSR count). The second kappa shape index (κ2) is 5.66. The maximum Gasteiger partial charge on any atom is 0.435 e. The van der Waals surface area contributed by atoms with E-state index in [1.54, 1.807) is 45.0 Å². The fraction of sp³-hybridized carbons (Fsp3) is 0.438. The first kappa shape index (κ1) is 17.0. The minimum Gasteiger partial charge on any atom is -0.425 e. The van der Waals surface area contributed by atoms with Gasteiger partial charge in [0.25, 0.3) is 5.91 Å². The predicted octanol–water partition coefficient (Wildman–Crippen LogP) is 2.25. The third-order valence-electron chi connectivity index (χ3n) is 3.55. The number of amides is 2. The zero-order chi connectivity index (χ0) is 17.4. The molecule has 23 heavy (non-hydrogen) atoms. The molecule has 2 amide bonds. The maximum absolute atomic E-state index is 12.5. The number of hydrogen-bond donors (Lipinski definition) is 1. The second-order valence-electron chi connectivity index (χ2n) is 6.53. The third kappa shape index (κ3) is 3.05. The first-order valence-electron chi connectivity index (χ1n) is 7.22. The Balaban J connectivity index is 2.36. The van der Waals surface area contributed by atoms with Crippen molar-refractivity contribution >= 4 is 17.7 Å². The van der Waals surface area contributed by atoms with E-state index in [1.807, 2.05) is 6.07 Å². The zero-order valence-electron chi connectivity index (χ0n) is 13.9. The summed E-state index contributed by atoms with van der Waals surface area (Å²) < 4.78 is 5.35. The van der Waals surface area contributed by atoms with Crippen LogP contribution in [-0.2, 0) is 9.53 Å². The standard InChI is InChI=1S/C16H21N3O4/c1-15(2,3)19(22)14(21)23-16(4)12(17-18(5)13(16)20)11-9-7-6-8-10-11/h6-10,22H,1-5H3. The summed E-state index contributed by atoms with van der Waals surface area (Å²) in [5.74, 6) is -0.480. The van der Waals surface area contributed by atoms with Gasteiger partial charge in [-0.3, -0.25) is 10.0 Å². The minimum absolute atomic E-state index is 0.321. The topological polar surface area (TPSA) is 82.4 Å². The molecule has 0 saturated heterocycles. The van der Waals surface area contributed by atoms with Crippen LogP contribution in [0.15, 0.2) is 35.4 Å². The smallest absolute Gasteiger partial charge is 0.425 e. The highest BCUT2D eigenvalue weighted by Gasteiger charge is 2.51. The molecule has 1 aliphatic heterocycles. The molecular weight excluding hydrogens is 298 g/mol. The van der Waals surface area contributed by atoms with E-state index in [4.69, 9.17) is 4.74 Å². The monoisotopic (exact) mass is 319 g/mol. The van der Waals surface area contributed by atoms with Crippen LogP contribution in [0.3, 0.4) is 0 Å². The van der Waals surface area contributed by atoms with Crippen molar-refractivity contribution in [3.05, 3.63) is 35.9 Å². The number of hydroxylamine groups is 2. The lowest BCUT2D eigenvalue weighted by Gasteiger charge is -2.32. The highest BCUT2D eigenvalue weighted by atomic mass is 16.6. The van der Waals surface area contributed by atoms with Gasteiger partial charge in [-0.15, -0.1) is 0 Å². The third-order valence-corrected chi connectivity index (χ3v) is 3.55. The molecule has 0 saturated carbocycles. The molecular formula is C16H21N3O4. The lowest BCUT2D eigenvalue weighted by molar-refractivity contribution is -0.155. The van der Waals surface area contributed by atoms with Crippen molar-refractivity contribution < 1.29 is 19.5 Å². The van der Waals surface area contributed by atoms with Crippen LogP contribution in [0.4, 0.5) is 4.79 Å². The molecule has 1 aromatic rings. The summed E-state index contributed by atoms with van der Waals surface area (Å²) in [6.45, 7) is 6.40. The van der Waals surface area contributed by atoms with Crippen LogP contribution in [-0.4, -0.2) is 51.2 Å². The van der Waals surface area contributed by atoms with Crippen molar-refractivity contribution in [2.45, 2.75) is 38.8 Å². The van der Waals surface area contributed by atoms with E-state index < -0.39 is 23.1 Å². The predicted molar refractivity (Wildman–Crippen MR) is 84.0 cm³/mol. The molecule has 0 fully saturated rings. The molecule has 1 aliphatic rings. The average molecular weight is 319 g/mol. The molecule has 1 unspecified atom stereocenters. The van der Waals surface area contributed by atoms with Crippen molar-refractivity contribution in [3.63, 3.8) is 0 Å². The lowest BCUT2D eigenvalue weighted by atomic mass is 9.94. The van der Waals surface area contributed by atoms with Gasteiger partial charge in [0.15, 0.2) is 0 Å². The largest absolute Gasteiger partial charge is 0.435 e. The quantitative estimate of drug-likeness (QED) is 0.669. The summed E-state index contributed by atoms with van der Waals surface area (Å²) in [5, 5.41) is 15.7. The summed E-state index contributed by atoms with van der Waals surface area (Å²) >= 11 is 0. The number of rotatable bonds is 2. The SMILES string of the molecule is CN1N=C(c2ccccc2)C(C)(OC(=O)N(O)C(C)(C)C)C1=O. The summed E-state index contributed by atoms with van der Waals surface area (Å²) in [7, 11) is 1.49. The van der Waals surface area contributed by atoms with Gasteiger partial charge < -0.3 is 4.74 Å². The highest BCUT2D eigenvalue weighted by Crippen LogP contribution is 2.29. The minimum atomic E-state index is -1.60. The van der Waals surface area contributed by atoms with Crippen LogP contribution in [0, 0.1) is 0 Å². The van der Waals surface area contributed by atoms with E-state index in [2.05, 4.69) is 5.10 Å². The Morgan fingerprint density at radius 3 is 2.39 bits per heavy atom. The Bertz CT molecular complexity index is 651. The van der Waals surface area contributed by atoms with Crippen LogP contribution in [0.25, 0.3) is 0 Å². The van der Waals surface area contributed by atoms with Gasteiger partial charge >= 0.3 is 6.09 Å². The molecule has 0 spiro atoms. The molecule has 0 aromatic heterocycles. The van der Waals surface area contributed by atoms with Crippen molar-refractivity contribution in [2.24, 2.45) is 5.10 Å². The van der Waals surface area contributed by atoms with Crippen molar-refractivity contribution in [2.75, 3.05) is 7.05 Å². The zero-order valence-corrected chi connectivity index (χ0v) is 13.9. The molecule has 1 heterocycles. The van der Waals surface area contributed by atoms with Gasteiger partial charge in [0.05, 0.1) is 5.54 Å². The second-order valence-corrected chi connectivity index (χ2v) is 6.53. The van der Waals surface area contributed by atoms with Gasteiger partial charge in [0.1, 0.15) is 5.71 Å². The van der Waals surface area contributed by atoms with Gasteiger partial charge in [-0.1, -0.05) is 30.3 Å². The first-order chi connectivity index (χ1) is 10.6. The van der Waals surface area contributed by atoms with Crippen LogP contribution in [0.2, 0.25) is 0 Å². The number of likely N-dealkylation sites (N-methyl/N-ethyl adjacent to an activating group) is 1. The van der Waals surface area contributed by atoms with Crippen LogP contribution < -0.4 is 0 Å². The van der Waals surface area contributed by atoms with E-state index in [-0.39, 0.29) is 0 Å². The number of carbonyl (C=O) groups excluding carboxylic acids is 2. The Kier molecular flexibility index (Phi) is 4.17. The van der Waals surface area contributed by atoms with Gasteiger partial charge in [-0.05, 0) is 27.7 Å². The number of nitrogens with zero attached hydrogens (tertiary/aromatic N) is 3. The van der Waals surface area contributed by atoms with E-state index in [1.165, 1.54) is 14.0 Å². The maximum atomic E-state index is 12.5. The fourth-order valence-electron chi connectivity index (χ4n) is 2.21. The number of carbonyl (C=O) groups is 2. The molecule has 1 aromatic carbocycles. The lowest BCUT2D eigenvalue weighted by Crippen LogP contribution is -2.52. The Hall–Kier alpha value is -2.41. The summed E-state index contributed by atoms with van der Waals surface area (Å²) in [4.78, 5) is 24.7. The molecule has 7 nitrogen and oxygen atoms in total. The molecule has 1 atom stereocenters. The number of hydrazone groups is 1. The van der Waals surface area contributed by atoms with E-state index in [0.717, 1.165) is 5.01 Å². The number of ether oxygens (including phenoxy) is 1. The fourth-order valence-corrected chi connectivity index (χ4v) is 2.21. The molecule has 0 radical (unpaired) electrons. The van der Waals surface area contributed by atoms with Crippen LogP contribution >= 0.6 is 0 Å². The van der Waals surface area contributed by atoms with E-state index in [0.29, 0.717) is 16.3 Å². The van der Waals surface area contributed by atoms with Crippen molar-refractivity contribution in [3.8, 4) is 0 Å². The van der Waals surface area contributed by atoms with Crippen LogP contribution in [0.1, 0.15) is 33.3 Å². The Morgan fingerprint density at radius 2 is 1.87 bits per heavy atom. The molecule has 1 N–H and O–H groups in total. The Morgan fingerprint density at radius 1 is 1.30 bits per heavy atom. The van der Waals surface area contributed by atoms with Gasteiger partial charge in [-0.25, -0.2) is 9.80 Å². The molecule has 7 heteroatoms. The normalized spacial score (nSPS) is 21.2. The molecule has 0 bridgehead atoms. The van der Waals surface area contributed by atoms with E-state index in [9.17, 15) is 14.8 Å².